The van der Waals surface area contributed by atoms with Crippen LogP contribution in [0.4, 0.5) is 0 Å². The molecule has 5 heteroatoms. The number of hydrogen-bond acceptors (Lipinski definition) is 2. The van der Waals surface area contributed by atoms with Crippen molar-refractivity contribution in [2.24, 2.45) is 0 Å². The van der Waals surface area contributed by atoms with Gasteiger partial charge in [0.1, 0.15) is 0 Å². The van der Waals surface area contributed by atoms with E-state index >= 15 is 0 Å². The molecule has 0 aliphatic rings. The van der Waals surface area contributed by atoms with Gasteiger partial charge in [-0.3, -0.25) is 4.57 Å². The van der Waals surface area contributed by atoms with Crippen molar-refractivity contribution in [2.45, 2.75) is 0 Å². The minimum atomic E-state index is -3.47. The summed E-state index contributed by atoms with van der Waals surface area (Å²) >= 11 is 0. The largest absolute Gasteiger partial charge is 0.395 e. The molecule has 0 aliphatic heterocycles. The van der Waals surface area contributed by atoms with E-state index in [4.69, 9.17) is 5.11 Å². The molecule has 0 saturated carbocycles. The number of aliphatic hydroxyl groups is 1. The number of hydrogen-bond donors (Lipinski definition) is 3. The predicted molar refractivity (Wildman–Crippen MR) is 51.0 cm³/mol. The van der Waals surface area contributed by atoms with Gasteiger partial charge < -0.3 is 10.00 Å². The summed E-state index contributed by atoms with van der Waals surface area (Å²) in [5.74, 6) is 0. The highest BCUT2D eigenvalue weighted by Crippen LogP contribution is 2.32. The van der Waals surface area contributed by atoms with E-state index in [1.54, 1.807) is 30.3 Å². The number of rotatable bonds is 4. The number of aliphatic hydroxyl groups excluding tert-OH is 1. The van der Waals surface area contributed by atoms with Gasteiger partial charge in [-0.2, -0.15) is 0 Å². The molecule has 1 aromatic carbocycles. The maximum absolute atomic E-state index is 11.5. The van der Waals surface area contributed by atoms with E-state index in [9.17, 15) is 9.46 Å². The van der Waals surface area contributed by atoms with Crippen LogP contribution >= 0.6 is 7.52 Å². The lowest BCUT2D eigenvalue weighted by molar-refractivity contribution is 0.298. The molecule has 0 saturated heterocycles. The van der Waals surface area contributed by atoms with Crippen molar-refractivity contribution in [1.82, 2.24) is 5.09 Å². The lowest BCUT2D eigenvalue weighted by Crippen LogP contribution is -2.21. The van der Waals surface area contributed by atoms with E-state index in [2.05, 4.69) is 5.09 Å². The van der Waals surface area contributed by atoms with Crippen LogP contribution in [0, 0.1) is 0 Å². The van der Waals surface area contributed by atoms with E-state index in [-0.39, 0.29) is 13.2 Å². The monoisotopic (exact) mass is 201 g/mol. The highest BCUT2D eigenvalue weighted by atomic mass is 31.2. The van der Waals surface area contributed by atoms with E-state index in [0.717, 1.165) is 0 Å². The minimum absolute atomic E-state index is 0.114. The zero-order valence-corrected chi connectivity index (χ0v) is 7.95. The average Bonchev–Trinajstić information content (AvgIpc) is 2.16. The smallest absolute Gasteiger partial charge is 0.297 e. The second kappa shape index (κ2) is 4.53. The fourth-order valence-electron chi connectivity index (χ4n) is 0.923. The van der Waals surface area contributed by atoms with Crippen LogP contribution in [0.1, 0.15) is 0 Å². The van der Waals surface area contributed by atoms with Gasteiger partial charge in [0.25, 0.3) is 7.52 Å². The van der Waals surface area contributed by atoms with Crippen LogP contribution in [0.5, 0.6) is 0 Å². The summed E-state index contributed by atoms with van der Waals surface area (Å²) < 4.78 is 11.5. The first-order valence-corrected chi connectivity index (χ1v) is 5.57. The Kier molecular flexibility index (Phi) is 3.63. The van der Waals surface area contributed by atoms with E-state index in [1.165, 1.54) is 0 Å². The van der Waals surface area contributed by atoms with Crippen molar-refractivity contribution >= 4 is 12.8 Å². The van der Waals surface area contributed by atoms with Crippen LogP contribution in [0.3, 0.4) is 0 Å². The van der Waals surface area contributed by atoms with Crippen molar-refractivity contribution in [3.05, 3.63) is 30.3 Å². The van der Waals surface area contributed by atoms with Gasteiger partial charge >= 0.3 is 0 Å². The number of nitrogens with one attached hydrogen (secondary N) is 1. The van der Waals surface area contributed by atoms with Crippen LogP contribution in [0.15, 0.2) is 30.3 Å². The van der Waals surface area contributed by atoms with Gasteiger partial charge in [-0.25, -0.2) is 5.09 Å². The Bertz CT molecular complexity index is 302. The molecule has 0 aromatic heterocycles. The molecule has 0 spiro atoms. The van der Waals surface area contributed by atoms with Gasteiger partial charge in [0.2, 0.25) is 0 Å². The van der Waals surface area contributed by atoms with Crippen LogP contribution in [-0.4, -0.2) is 23.2 Å². The Morgan fingerprint density at radius 3 is 2.46 bits per heavy atom. The average molecular weight is 201 g/mol. The lowest BCUT2D eigenvalue weighted by atomic mass is 10.4. The molecule has 3 N–H and O–H groups in total. The second-order valence-corrected chi connectivity index (χ2v) is 4.53. The van der Waals surface area contributed by atoms with Gasteiger partial charge in [-0.05, 0) is 12.1 Å². The van der Waals surface area contributed by atoms with Gasteiger partial charge in [0.05, 0.1) is 11.9 Å². The van der Waals surface area contributed by atoms with Crippen molar-refractivity contribution in [3.63, 3.8) is 0 Å². The summed E-state index contributed by atoms with van der Waals surface area (Å²) in [6.07, 6.45) is 0. The van der Waals surface area contributed by atoms with E-state index in [1.807, 2.05) is 0 Å². The molecule has 13 heavy (non-hydrogen) atoms. The third kappa shape index (κ3) is 2.94. The third-order valence-electron chi connectivity index (χ3n) is 1.54. The topological polar surface area (TPSA) is 69.6 Å². The summed E-state index contributed by atoms with van der Waals surface area (Å²) in [6, 6.07) is 8.31. The predicted octanol–water partition coefficient (Wildman–Crippen LogP) is 0.0792. The van der Waals surface area contributed by atoms with Gasteiger partial charge in [-0.15, -0.1) is 0 Å². The number of benzene rings is 1. The van der Waals surface area contributed by atoms with Gasteiger partial charge in [0.15, 0.2) is 0 Å². The summed E-state index contributed by atoms with van der Waals surface area (Å²) in [4.78, 5) is 9.45. The maximum atomic E-state index is 11.5. The fraction of sp³-hybridized carbons (Fsp3) is 0.250. The third-order valence-corrected chi connectivity index (χ3v) is 3.19. The van der Waals surface area contributed by atoms with Crippen molar-refractivity contribution < 1.29 is 14.6 Å². The Balaban J connectivity index is 2.76. The molecule has 1 unspecified atom stereocenters. The molecular weight excluding hydrogens is 189 g/mol. The molecule has 1 rings (SSSR count). The highest BCUT2D eigenvalue weighted by molar-refractivity contribution is 7.64. The van der Waals surface area contributed by atoms with Crippen molar-refractivity contribution in [1.29, 1.82) is 0 Å². The SMILES string of the molecule is O=P(O)(NCCO)c1ccccc1. The van der Waals surface area contributed by atoms with Gasteiger partial charge in [-0.1, -0.05) is 18.2 Å². The van der Waals surface area contributed by atoms with E-state index in [0.29, 0.717) is 5.30 Å². The van der Waals surface area contributed by atoms with Crippen LogP contribution in [0.25, 0.3) is 0 Å². The Labute approximate surface area is 76.7 Å². The molecule has 0 radical (unpaired) electrons. The molecule has 0 fully saturated rings. The van der Waals surface area contributed by atoms with E-state index < -0.39 is 7.52 Å². The first-order valence-electron chi connectivity index (χ1n) is 3.91. The molecule has 0 heterocycles. The summed E-state index contributed by atoms with van der Waals surface area (Å²) in [5, 5.41) is 11.2. The standard InChI is InChI=1S/C8H12NO3P/c10-7-6-9-13(11,12)8-4-2-1-3-5-8/h1-5,10H,6-7H2,(H2,9,11,12). The molecule has 72 valence electrons. The quantitative estimate of drug-likeness (QED) is 0.603. The zero-order valence-electron chi connectivity index (χ0n) is 7.05. The van der Waals surface area contributed by atoms with Crippen LogP contribution in [0.2, 0.25) is 0 Å². The molecule has 0 amide bonds. The first kappa shape index (κ1) is 10.4. The fourth-order valence-corrected chi connectivity index (χ4v) is 2.08. The molecule has 0 aliphatic carbocycles. The molecule has 1 aromatic rings. The van der Waals surface area contributed by atoms with Crippen LogP contribution in [-0.2, 0) is 4.57 Å². The molecule has 4 nitrogen and oxygen atoms in total. The zero-order chi connectivity index (χ0) is 9.73. The van der Waals surface area contributed by atoms with Crippen molar-refractivity contribution in [3.8, 4) is 0 Å². The van der Waals surface area contributed by atoms with Gasteiger partial charge in [0, 0.05) is 6.54 Å². The maximum Gasteiger partial charge on any atom is 0.297 e. The summed E-state index contributed by atoms with van der Waals surface area (Å²) in [5.41, 5.74) is 0. The summed E-state index contributed by atoms with van der Waals surface area (Å²) in [7, 11) is -3.47. The molecule has 1 atom stereocenters. The normalized spacial score (nSPS) is 15.2. The Morgan fingerprint density at radius 2 is 1.92 bits per heavy atom. The minimum Gasteiger partial charge on any atom is -0.395 e. The highest BCUT2D eigenvalue weighted by Gasteiger charge is 2.18. The second-order valence-electron chi connectivity index (χ2n) is 2.54. The lowest BCUT2D eigenvalue weighted by Gasteiger charge is -2.11. The Hall–Kier alpha value is -0.670. The van der Waals surface area contributed by atoms with Crippen molar-refractivity contribution in [2.75, 3.05) is 13.2 Å². The van der Waals surface area contributed by atoms with Crippen LogP contribution < -0.4 is 10.4 Å². The summed E-state index contributed by atoms with van der Waals surface area (Å²) in [6.45, 7) is -0.0416. The Morgan fingerprint density at radius 1 is 1.31 bits per heavy atom. The molecule has 0 bridgehead atoms. The first-order chi connectivity index (χ1) is 6.17. The molecular formula is C8H12NO3P.